The number of nitrogens with one attached hydrogen (secondary N) is 1. The second-order valence-electron chi connectivity index (χ2n) is 4.52. The molecule has 0 aromatic heterocycles. The van der Waals surface area contributed by atoms with Crippen molar-refractivity contribution in [2.45, 2.75) is 39.7 Å². The molecule has 18 heavy (non-hydrogen) atoms. The molecule has 0 aromatic rings. The molecule has 0 heterocycles. The second-order valence-corrected chi connectivity index (χ2v) is 4.52. The van der Waals surface area contributed by atoms with Crippen LogP contribution in [-0.4, -0.2) is 30.8 Å². The molecule has 0 aliphatic heterocycles. The molecule has 0 saturated carbocycles. The molecule has 0 bridgehead atoms. The number of esters is 1. The minimum absolute atomic E-state index is 0.0415. The fourth-order valence-electron chi connectivity index (χ4n) is 0.981. The van der Waals surface area contributed by atoms with E-state index >= 15 is 0 Å². The quantitative estimate of drug-likeness (QED) is 0.771. The maximum absolute atomic E-state index is 13.1. The van der Waals surface area contributed by atoms with E-state index < -0.39 is 29.9 Å². The number of carbonyl (C=O) groups excluding carboxylic acids is 2. The largest absolute Gasteiger partial charge is 0.466 e. The lowest BCUT2D eigenvalue weighted by molar-refractivity contribution is -0.142. The Morgan fingerprint density at radius 1 is 1.33 bits per heavy atom. The first-order chi connectivity index (χ1) is 8.24. The number of carbonyl (C=O) groups is 2. The molecule has 0 saturated heterocycles. The fourth-order valence-corrected chi connectivity index (χ4v) is 0.981. The van der Waals surface area contributed by atoms with Gasteiger partial charge in [-0.1, -0.05) is 0 Å². The van der Waals surface area contributed by atoms with Crippen LogP contribution in [-0.2, 0) is 14.3 Å². The molecule has 0 fully saturated rings. The van der Waals surface area contributed by atoms with Crippen LogP contribution in [0.1, 0.15) is 34.1 Å². The van der Waals surface area contributed by atoms with E-state index in [1.54, 1.807) is 27.7 Å². The Balaban J connectivity index is 3.94. The third-order valence-corrected chi connectivity index (χ3v) is 1.59. The van der Waals surface area contributed by atoms with E-state index in [-0.39, 0.29) is 13.2 Å². The van der Waals surface area contributed by atoms with Gasteiger partial charge >= 0.3 is 12.1 Å². The second kappa shape index (κ2) is 7.68. The third kappa shape index (κ3) is 9.62. The van der Waals surface area contributed by atoms with Crippen LogP contribution in [0, 0.1) is 0 Å². The van der Waals surface area contributed by atoms with Crippen LogP contribution in [0.2, 0.25) is 0 Å². The predicted molar refractivity (Wildman–Crippen MR) is 64.7 cm³/mol. The summed E-state index contributed by atoms with van der Waals surface area (Å²) in [6, 6.07) is 0. The molecule has 0 aliphatic carbocycles. The summed E-state index contributed by atoms with van der Waals surface area (Å²) >= 11 is 0. The number of amides is 1. The highest BCUT2D eigenvalue weighted by Crippen LogP contribution is 2.07. The summed E-state index contributed by atoms with van der Waals surface area (Å²) in [5, 5.41) is 2.35. The zero-order chi connectivity index (χ0) is 14.2. The highest BCUT2D eigenvalue weighted by Gasteiger charge is 2.15. The van der Waals surface area contributed by atoms with Crippen LogP contribution in [0.25, 0.3) is 0 Å². The average Bonchev–Trinajstić information content (AvgIpc) is 2.14. The smallest absolute Gasteiger partial charge is 0.407 e. The Kier molecular flexibility index (Phi) is 7.00. The van der Waals surface area contributed by atoms with Gasteiger partial charge in [-0.15, -0.1) is 0 Å². The van der Waals surface area contributed by atoms with Crippen LogP contribution in [0.3, 0.4) is 0 Å². The molecule has 5 nitrogen and oxygen atoms in total. The van der Waals surface area contributed by atoms with Gasteiger partial charge in [-0.2, -0.15) is 0 Å². The van der Waals surface area contributed by atoms with Gasteiger partial charge in [-0.25, -0.2) is 9.18 Å². The molecule has 0 rings (SSSR count). The van der Waals surface area contributed by atoms with Gasteiger partial charge in [0.2, 0.25) is 0 Å². The van der Waals surface area contributed by atoms with E-state index in [4.69, 9.17) is 4.74 Å². The molecule has 0 aliphatic rings. The molecule has 0 radical (unpaired) electrons. The van der Waals surface area contributed by atoms with E-state index in [1.807, 2.05) is 0 Å². The van der Waals surface area contributed by atoms with Crippen LogP contribution in [0.4, 0.5) is 9.18 Å². The molecule has 104 valence electrons. The van der Waals surface area contributed by atoms with Crippen LogP contribution in [0.5, 0.6) is 0 Å². The Morgan fingerprint density at radius 2 is 1.94 bits per heavy atom. The van der Waals surface area contributed by atoms with E-state index in [0.717, 1.165) is 6.08 Å². The Bertz CT molecular complexity index is 321. The Morgan fingerprint density at radius 3 is 2.44 bits per heavy atom. The van der Waals surface area contributed by atoms with Gasteiger partial charge in [-0.3, -0.25) is 4.79 Å². The first-order valence-electron chi connectivity index (χ1n) is 5.71. The maximum atomic E-state index is 13.1. The number of rotatable bonds is 5. The number of ether oxygens (including phenoxy) is 2. The maximum Gasteiger partial charge on any atom is 0.407 e. The fraction of sp³-hybridized carbons (Fsp3) is 0.667. The molecule has 0 aromatic carbocycles. The lowest BCUT2D eigenvalue weighted by Gasteiger charge is -2.19. The van der Waals surface area contributed by atoms with Crippen LogP contribution in [0.15, 0.2) is 11.9 Å². The summed E-state index contributed by atoms with van der Waals surface area (Å²) in [6.07, 6.45) is 0.0349. The Labute approximate surface area is 106 Å². The van der Waals surface area contributed by atoms with Crippen molar-refractivity contribution in [2.75, 3.05) is 13.2 Å². The van der Waals surface area contributed by atoms with Crippen molar-refractivity contribution in [1.82, 2.24) is 5.32 Å². The number of hydrogen-bond donors (Lipinski definition) is 1. The van der Waals surface area contributed by atoms with Gasteiger partial charge in [0, 0.05) is 6.54 Å². The molecular formula is C12H20FNO4. The standard InChI is InChI=1S/C12H20FNO4/c1-5-17-10(15)8-9(13)6-7-14-11(16)18-12(2,3)4/h6H,5,7-8H2,1-4H3,(H,14,16)/b9-6+. The van der Waals surface area contributed by atoms with E-state index in [9.17, 15) is 14.0 Å². The predicted octanol–water partition coefficient (Wildman–Crippen LogP) is 2.32. The minimum Gasteiger partial charge on any atom is -0.466 e. The molecule has 0 spiro atoms. The molecular weight excluding hydrogens is 241 g/mol. The van der Waals surface area contributed by atoms with Crippen LogP contribution >= 0.6 is 0 Å². The van der Waals surface area contributed by atoms with Crippen molar-refractivity contribution < 1.29 is 23.5 Å². The lowest BCUT2D eigenvalue weighted by Crippen LogP contribution is -2.32. The number of hydrogen-bond acceptors (Lipinski definition) is 4. The Hall–Kier alpha value is -1.59. The van der Waals surface area contributed by atoms with Crippen molar-refractivity contribution in [3.63, 3.8) is 0 Å². The summed E-state index contributed by atoms with van der Waals surface area (Å²) in [5.41, 5.74) is -0.600. The topological polar surface area (TPSA) is 64.6 Å². The van der Waals surface area contributed by atoms with Crippen molar-refractivity contribution >= 4 is 12.1 Å². The highest BCUT2D eigenvalue weighted by molar-refractivity contribution is 5.72. The van der Waals surface area contributed by atoms with Crippen molar-refractivity contribution in [3.8, 4) is 0 Å². The van der Waals surface area contributed by atoms with Crippen molar-refractivity contribution in [2.24, 2.45) is 0 Å². The summed E-state index contributed by atoms with van der Waals surface area (Å²) in [6.45, 7) is 6.99. The van der Waals surface area contributed by atoms with Gasteiger partial charge in [0.1, 0.15) is 11.4 Å². The zero-order valence-electron chi connectivity index (χ0n) is 11.2. The monoisotopic (exact) mass is 261 g/mol. The first-order valence-corrected chi connectivity index (χ1v) is 5.71. The molecule has 6 heteroatoms. The summed E-state index contributed by atoms with van der Waals surface area (Å²) in [4.78, 5) is 22.1. The molecule has 1 N–H and O–H groups in total. The lowest BCUT2D eigenvalue weighted by atomic mass is 10.2. The third-order valence-electron chi connectivity index (χ3n) is 1.59. The van der Waals surface area contributed by atoms with E-state index in [2.05, 4.69) is 10.1 Å². The first kappa shape index (κ1) is 16.4. The average molecular weight is 261 g/mol. The summed E-state index contributed by atoms with van der Waals surface area (Å²) in [5.74, 6) is -1.28. The number of alkyl carbamates (subject to hydrolysis) is 1. The van der Waals surface area contributed by atoms with Crippen molar-refractivity contribution in [1.29, 1.82) is 0 Å². The minimum atomic E-state index is -0.649. The number of halogens is 1. The van der Waals surface area contributed by atoms with Gasteiger partial charge in [0.25, 0.3) is 0 Å². The molecule has 0 atom stereocenters. The van der Waals surface area contributed by atoms with Gasteiger partial charge in [-0.05, 0) is 33.8 Å². The normalized spacial score (nSPS) is 11.9. The van der Waals surface area contributed by atoms with Crippen molar-refractivity contribution in [3.05, 3.63) is 11.9 Å². The van der Waals surface area contributed by atoms with E-state index in [1.165, 1.54) is 0 Å². The zero-order valence-corrected chi connectivity index (χ0v) is 11.2. The van der Waals surface area contributed by atoms with Gasteiger partial charge in [0.15, 0.2) is 0 Å². The van der Waals surface area contributed by atoms with E-state index in [0.29, 0.717) is 0 Å². The SMILES string of the molecule is CCOC(=O)C/C(F)=C\CNC(=O)OC(C)(C)C. The highest BCUT2D eigenvalue weighted by atomic mass is 19.1. The van der Waals surface area contributed by atoms with Crippen LogP contribution < -0.4 is 5.32 Å². The summed E-state index contributed by atoms with van der Waals surface area (Å²) in [7, 11) is 0. The molecule has 1 amide bonds. The summed E-state index contributed by atoms with van der Waals surface area (Å²) < 4.78 is 22.7. The van der Waals surface area contributed by atoms with Gasteiger partial charge in [0.05, 0.1) is 13.0 Å². The molecule has 0 unspecified atom stereocenters. The van der Waals surface area contributed by atoms with Gasteiger partial charge < -0.3 is 14.8 Å².